The van der Waals surface area contributed by atoms with Gasteiger partial charge in [-0.25, -0.2) is 4.98 Å². The van der Waals surface area contributed by atoms with Gasteiger partial charge in [0.1, 0.15) is 5.69 Å². The molecule has 19 heavy (non-hydrogen) atoms. The van der Waals surface area contributed by atoms with E-state index < -0.39 is 0 Å². The van der Waals surface area contributed by atoms with Crippen LogP contribution in [0.25, 0.3) is 0 Å². The zero-order chi connectivity index (χ0) is 13.2. The zero-order valence-corrected chi connectivity index (χ0v) is 12.3. The maximum Gasteiger partial charge on any atom is 0.274 e. The molecule has 102 valence electrons. The van der Waals surface area contributed by atoms with Crippen molar-refractivity contribution in [2.24, 2.45) is 0 Å². The molecule has 2 fully saturated rings. The first kappa shape index (κ1) is 13.1. The molecule has 0 bridgehead atoms. The van der Waals surface area contributed by atoms with Crippen molar-refractivity contribution in [2.75, 3.05) is 13.2 Å². The smallest absolute Gasteiger partial charge is 0.274 e. The van der Waals surface area contributed by atoms with Crippen LogP contribution in [0, 0.1) is 0 Å². The highest BCUT2D eigenvalue weighted by Crippen LogP contribution is 2.30. The summed E-state index contributed by atoms with van der Waals surface area (Å²) in [6.07, 6.45) is 6.37. The zero-order valence-electron chi connectivity index (χ0n) is 10.7. The lowest BCUT2D eigenvalue weighted by Gasteiger charge is -2.43. The summed E-state index contributed by atoms with van der Waals surface area (Å²) < 4.78 is 6.57. The molecule has 0 aromatic carbocycles. The Morgan fingerprint density at radius 3 is 3.11 bits per heavy atom. The summed E-state index contributed by atoms with van der Waals surface area (Å²) in [4.78, 5) is 18.8. The number of hydrogen-bond acceptors (Lipinski definition) is 3. The molecule has 0 radical (unpaired) electrons. The second kappa shape index (κ2) is 5.59. The van der Waals surface area contributed by atoms with Crippen molar-refractivity contribution in [3.8, 4) is 0 Å². The van der Waals surface area contributed by atoms with E-state index in [1.807, 2.05) is 17.0 Å². The second-order valence-electron chi connectivity index (χ2n) is 5.09. The third kappa shape index (κ3) is 2.54. The van der Waals surface area contributed by atoms with Gasteiger partial charge in [-0.1, -0.05) is 12.8 Å². The van der Waals surface area contributed by atoms with Crippen molar-refractivity contribution in [3.63, 3.8) is 0 Å². The maximum atomic E-state index is 12.7. The van der Waals surface area contributed by atoms with Gasteiger partial charge in [0, 0.05) is 17.2 Å². The number of carbonyl (C=O) groups excluding carboxylic acids is 1. The van der Waals surface area contributed by atoms with E-state index in [2.05, 4.69) is 20.9 Å². The molecular formula is C14H17BrN2O2. The van der Waals surface area contributed by atoms with Gasteiger partial charge in [-0.05, 0) is 40.9 Å². The number of fused-ring (bicyclic) bond motifs is 1. The van der Waals surface area contributed by atoms with E-state index in [0.717, 1.165) is 17.3 Å². The first-order valence-corrected chi connectivity index (χ1v) is 7.60. The first-order valence-electron chi connectivity index (χ1n) is 6.80. The normalized spacial score (nSPS) is 26.9. The quantitative estimate of drug-likeness (QED) is 0.797. The number of carbonyl (C=O) groups is 1. The summed E-state index contributed by atoms with van der Waals surface area (Å²) >= 11 is 3.41. The fourth-order valence-electron chi connectivity index (χ4n) is 3.03. The van der Waals surface area contributed by atoms with Crippen molar-refractivity contribution in [2.45, 2.75) is 37.8 Å². The molecule has 0 spiro atoms. The number of nitrogens with zero attached hydrogens (tertiary/aromatic N) is 2. The molecular weight excluding hydrogens is 308 g/mol. The number of rotatable bonds is 1. The third-order valence-electron chi connectivity index (χ3n) is 3.95. The molecule has 1 aromatic rings. The molecule has 2 heterocycles. The van der Waals surface area contributed by atoms with Crippen molar-refractivity contribution in [3.05, 3.63) is 28.5 Å². The monoisotopic (exact) mass is 324 g/mol. The van der Waals surface area contributed by atoms with Crippen LogP contribution in [0.5, 0.6) is 0 Å². The minimum absolute atomic E-state index is 0.0210. The van der Waals surface area contributed by atoms with Crippen molar-refractivity contribution in [1.82, 2.24) is 9.88 Å². The van der Waals surface area contributed by atoms with E-state index in [4.69, 9.17) is 4.74 Å². The molecule has 1 amide bonds. The van der Waals surface area contributed by atoms with Crippen LogP contribution in [-0.4, -0.2) is 41.1 Å². The fourth-order valence-corrected chi connectivity index (χ4v) is 3.45. The number of morpholine rings is 1. The summed E-state index contributed by atoms with van der Waals surface area (Å²) in [6, 6.07) is 3.91. The van der Waals surface area contributed by atoms with Crippen LogP contribution in [0.3, 0.4) is 0 Å². The summed E-state index contributed by atoms with van der Waals surface area (Å²) in [6.45, 7) is 1.31. The molecule has 5 heteroatoms. The molecule has 1 aromatic heterocycles. The molecule has 4 nitrogen and oxygen atoms in total. The Labute approximate surface area is 121 Å². The van der Waals surface area contributed by atoms with Gasteiger partial charge in [0.25, 0.3) is 5.91 Å². The second-order valence-corrected chi connectivity index (χ2v) is 5.95. The molecule has 2 aliphatic rings. The molecule has 1 aliphatic carbocycles. The van der Waals surface area contributed by atoms with Crippen LogP contribution < -0.4 is 0 Å². The van der Waals surface area contributed by atoms with Crippen LogP contribution in [0.2, 0.25) is 0 Å². The molecule has 0 N–H and O–H groups in total. The Bertz CT molecular complexity index is 478. The fraction of sp³-hybridized carbons (Fsp3) is 0.571. The van der Waals surface area contributed by atoms with Gasteiger partial charge in [0.15, 0.2) is 0 Å². The average Bonchev–Trinajstić information content (AvgIpc) is 2.46. The Morgan fingerprint density at radius 2 is 2.26 bits per heavy atom. The summed E-state index contributed by atoms with van der Waals surface area (Å²) in [5.41, 5.74) is 0.508. The highest BCUT2D eigenvalue weighted by Gasteiger charge is 2.37. The lowest BCUT2D eigenvalue weighted by Crippen LogP contribution is -2.55. The van der Waals surface area contributed by atoms with Gasteiger partial charge in [0.05, 0.1) is 18.8 Å². The molecule has 2 atom stereocenters. The van der Waals surface area contributed by atoms with Crippen LogP contribution in [0.1, 0.15) is 36.2 Å². The van der Waals surface area contributed by atoms with Gasteiger partial charge < -0.3 is 9.64 Å². The average molecular weight is 325 g/mol. The van der Waals surface area contributed by atoms with Crippen LogP contribution in [0.15, 0.2) is 22.8 Å². The predicted molar refractivity (Wildman–Crippen MR) is 75.0 cm³/mol. The standard InChI is InChI=1S/C14H17BrN2O2/c15-10-4-3-7-16-13(10)14(18)17-8-9-19-12-6-2-1-5-11(12)17/h3-4,7,11-12H,1-2,5-6,8-9H2/t11-,12+/m0/s1. The Kier molecular flexibility index (Phi) is 3.84. The molecule has 1 saturated heterocycles. The minimum Gasteiger partial charge on any atom is -0.374 e. The third-order valence-corrected chi connectivity index (χ3v) is 4.59. The number of aromatic nitrogens is 1. The SMILES string of the molecule is O=C(c1ncccc1Br)N1CCO[C@@H]2CCCC[C@@H]21. The van der Waals surface area contributed by atoms with Crippen LogP contribution >= 0.6 is 15.9 Å². The lowest BCUT2D eigenvalue weighted by atomic mass is 9.90. The van der Waals surface area contributed by atoms with E-state index in [9.17, 15) is 4.79 Å². The van der Waals surface area contributed by atoms with Gasteiger partial charge >= 0.3 is 0 Å². The van der Waals surface area contributed by atoms with Crippen LogP contribution in [-0.2, 0) is 4.74 Å². The van der Waals surface area contributed by atoms with Gasteiger partial charge in [-0.3, -0.25) is 4.79 Å². The Balaban J connectivity index is 1.84. The summed E-state index contributed by atoms with van der Waals surface area (Å²) in [7, 11) is 0. The number of amides is 1. The minimum atomic E-state index is 0.0210. The van der Waals surface area contributed by atoms with Gasteiger partial charge in [-0.2, -0.15) is 0 Å². The molecule has 0 unspecified atom stereocenters. The summed E-state index contributed by atoms with van der Waals surface area (Å²) in [5.74, 6) is 0.0210. The maximum absolute atomic E-state index is 12.7. The highest BCUT2D eigenvalue weighted by molar-refractivity contribution is 9.10. The van der Waals surface area contributed by atoms with Gasteiger partial charge in [-0.15, -0.1) is 0 Å². The number of ether oxygens (including phenoxy) is 1. The first-order chi connectivity index (χ1) is 9.27. The number of hydrogen-bond donors (Lipinski definition) is 0. The predicted octanol–water partition coefficient (Wildman–Crippen LogP) is 2.63. The van der Waals surface area contributed by atoms with Crippen molar-refractivity contribution < 1.29 is 9.53 Å². The van der Waals surface area contributed by atoms with E-state index in [0.29, 0.717) is 18.8 Å². The van der Waals surface area contributed by atoms with E-state index in [1.165, 1.54) is 12.8 Å². The van der Waals surface area contributed by atoms with Crippen LogP contribution in [0.4, 0.5) is 0 Å². The van der Waals surface area contributed by atoms with E-state index >= 15 is 0 Å². The summed E-state index contributed by atoms with van der Waals surface area (Å²) in [5, 5.41) is 0. The lowest BCUT2D eigenvalue weighted by molar-refractivity contribution is -0.0754. The molecule has 3 rings (SSSR count). The van der Waals surface area contributed by atoms with Crippen molar-refractivity contribution >= 4 is 21.8 Å². The van der Waals surface area contributed by atoms with E-state index in [1.54, 1.807) is 6.20 Å². The largest absolute Gasteiger partial charge is 0.374 e. The van der Waals surface area contributed by atoms with Gasteiger partial charge in [0.2, 0.25) is 0 Å². The van der Waals surface area contributed by atoms with E-state index in [-0.39, 0.29) is 18.1 Å². The highest BCUT2D eigenvalue weighted by atomic mass is 79.9. The number of halogens is 1. The molecule has 1 aliphatic heterocycles. The Morgan fingerprint density at radius 1 is 1.42 bits per heavy atom. The van der Waals surface area contributed by atoms with Crippen molar-refractivity contribution in [1.29, 1.82) is 0 Å². The number of pyridine rings is 1. The topological polar surface area (TPSA) is 42.4 Å². The molecule has 1 saturated carbocycles. The Hall–Kier alpha value is -0.940.